The number of ether oxygens (including phenoxy) is 2. The Labute approximate surface area is 114 Å². The van der Waals surface area contributed by atoms with Gasteiger partial charge in [0, 0.05) is 11.6 Å². The highest BCUT2D eigenvalue weighted by molar-refractivity contribution is 5.91. The van der Waals surface area contributed by atoms with Crippen LogP contribution in [0.15, 0.2) is 18.2 Å². The third-order valence-corrected chi connectivity index (χ3v) is 2.99. The molecule has 0 spiro atoms. The zero-order chi connectivity index (χ0) is 14.5. The smallest absolute Gasteiger partial charge is 0.319 e. The first-order chi connectivity index (χ1) is 8.91. The molecule has 0 bridgehead atoms. The van der Waals surface area contributed by atoms with E-state index in [0.29, 0.717) is 17.2 Å². The van der Waals surface area contributed by atoms with Crippen LogP contribution in [0.25, 0.3) is 0 Å². The number of nitrogens with one attached hydrogen (secondary N) is 2. The molecule has 2 amide bonds. The number of methoxy groups -OCH3 is 2. The van der Waals surface area contributed by atoms with Crippen molar-refractivity contribution in [2.45, 2.75) is 32.7 Å². The van der Waals surface area contributed by atoms with Crippen molar-refractivity contribution in [3.63, 3.8) is 0 Å². The molecule has 0 radical (unpaired) electrons. The SMILES string of the molecule is CCC(C)(C)NC(=O)Nc1ccc(OC)cc1OC. The fourth-order valence-corrected chi connectivity index (χ4v) is 1.45. The Balaban J connectivity index is 2.79. The van der Waals surface area contributed by atoms with Gasteiger partial charge in [-0.05, 0) is 32.4 Å². The zero-order valence-corrected chi connectivity index (χ0v) is 12.2. The van der Waals surface area contributed by atoms with Gasteiger partial charge in [0.05, 0.1) is 19.9 Å². The van der Waals surface area contributed by atoms with Crippen molar-refractivity contribution in [3.05, 3.63) is 18.2 Å². The van der Waals surface area contributed by atoms with Crippen molar-refractivity contribution in [2.75, 3.05) is 19.5 Å². The fraction of sp³-hybridized carbons (Fsp3) is 0.500. The number of amides is 2. The molecule has 0 atom stereocenters. The molecule has 5 nitrogen and oxygen atoms in total. The van der Waals surface area contributed by atoms with E-state index in [-0.39, 0.29) is 11.6 Å². The second kappa shape index (κ2) is 6.31. The molecule has 1 aromatic rings. The minimum Gasteiger partial charge on any atom is -0.497 e. The Morgan fingerprint density at radius 1 is 1.26 bits per heavy atom. The molecular formula is C14H22N2O3. The third-order valence-electron chi connectivity index (χ3n) is 2.99. The van der Waals surface area contributed by atoms with Crippen molar-refractivity contribution in [3.8, 4) is 11.5 Å². The molecule has 0 aliphatic heterocycles. The molecule has 0 aromatic heterocycles. The fourth-order valence-electron chi connectivity index (χ4n) is 1.45. The topological polar surface area (TPSA) is 59.6 Å². The molecule has 0 saturated carbocycles. The maximum Gasteiger partial charge on any atom is 0.319 e. The molecule has 0 aliphatic rings. The van der Waals surface area contributed by atoms with Gasteiger partial charge in [-0.1, -0.05) is 6.92 Å². The molecule has 0 saturated heterocycles. The number of hydrogen-bond acceptors (Lipinski definition) is 3. The van der Waals surface area contributed by atoms with Gasteiger partial charge in [-0.25, -0.2) is 4.79 Å². The normalized spacial score (nSPS) is 10.8. The highest BCUT2D eigenvalue weighted by Crippen LogP contribution is 2.29. The summed E-state index contributed by atoms with van der Waals surface area (Å²) in [5.74, 6) is 1.24. The molecule has 5 heteroatoms. The second-order valence-electron chi connectivity index (χ2n) is 4.88. The van der Waals surface area contributed by atoms with Gasteiger partial charge < -0.3 is 20.1 Å². The van der Waals surface area contributed by atoms with E-state index in [1.54, 1.807) is 32.4 Å². The van der Waals surface area contributed by atoms with Crippen LogP contribution >= 0.6 is 0 Å². The van der Waals surface area contributed by atoms with E-state index < -0.39 is 0 Å². The Morgan fingerprint density at radius 3 is 2.47 bits per heavy atom. The van der Waals surface area contributed by atoms with Gasteiger partial charge in [0.15, 0.2) is 0 Å². The van der Waals surface area contributed by atoms with Crippen LogP contribution in [0.2, 0.25) is 0 Å². The summed E-state index contributed by atoms with van der Waals surface area (Å²) in [7, 11) is 3.13. The molecule has 1 aromatic carbocycles. The van der Waals surface area contributed by atoms with Crippen molar-refractivity contribution in [2.24, 2.45) is 0 Å². The van der Waals surface area contributed by atoms with Crippen LogP contribution in [-0.2, 0) is 0 Å². The van der Waals surface area contributed by atoms with Crippen LogP contribution in [0.5, 0.6) is 11.5 Å². The molecule has 0 aliphatic carbocycles. The summed E-state index contributed by atoms with van der Waals surface area (Å²) >= 11 is 0. The Kier molecular flexibility index (Phi) is 5.03. The molecular weight excluding hydrogens is 244 g/mol. The summed E-state index contributed by atoms with van der Waals surface area (Å²) in [4.78, 5) is 11.9. The van der Waals surface area contributed by atoms with E-state index in [0.717, 1.165) is 6.42 Å². The second-order valence-corrected chi connectivity index (χ2v) is 4.88. The average Bonchev–Trinajstić information content (AvgIpc) is 2.38. The minimum atomic E-state index is -0.254. The quantitative estimate of drug-likeness (QED) is 0.861. The predicted octanol–water partition coefficient (Wildman–Crippen LogP) is 3.01. The minimum absolute atomic E-state index is 0.246. The molecule has 0 heterocycles. The van der Waals surface area contributed by atoms with E-state index in [1.807, 2.05) is 20.8 Å². The van der Waals surface area contributed by atoms with Gasteiger partial charge >= 0.3 is 6.03 Å². The maximum absolute atomic E-state index is 11.9. The number of carbonyl (C=O) groups excluding carboxylic acids is 1. The molecule has 19 heavy (non-hydrogen) atoms. The summed E-state index contributed by atoms with van der Waals surface area (Å²) < 4.78 is 10.3. The number of anilines is 1. The highest BCUT2D eigenvalue weighted by atomic mass is 16.5. The number of urea groups is 1. The van der Waals surface area contributed by atoms with Gasteiger partial charge in [0.25, 0.3) is 0 Å². The van der Waals surface area contributed by atoms with E-state index >= 15 is 0 Å². The lowest BCUT2D eigenvalue weighted by molar-refractivity contribution is 0.240. The Morgan fingerprint density at radius 2 is 1.95 bits per heavy atom. The summed E-state index contributed by atoms with van der Waals surface area (Å²) in [6.45, 7) is 5.96. The average molecular weight is 266 g/mol. The van der Waals surface area contributed by atoms with Crippen LogP contribution < -0.4 is 20.1 Å². The molecule has 1 rings (SSSR count). The predicted molar refractivity (Wildman–Crippen MR) is 76.1 cm³/mol. The molecule has 2 N–H and O–H groups in total. The first kappa shape index (κ1) is 15.1. The van der Waals surface area contributed by atoms with Gasteiger partial charge in [-0.2, -0.15) is 0 Å². The van der Waals surface area contributed by atoms with Gasteiger partial charge in [-0.15, -0.1) is 0 Å². The number of benzene rings is 1. The monoisotopic (exact) mass is 266 g/mol. The van der Waals surface area contributed by atoms with E-state index in [1.165, 1.54) is 0 Å². The third kappa shape index (κ3) is 4.35. The van der Waals surface area contributed by atoms with Crippen molar-refractivity contribution in [1.29, 1.82) is 0 Å². The van der Waals surface area contributed by atoms with Crippen LogP contribution in [-0.4, -0.2) is 25.8 Å². The lowest BCUT2D eigenvalue weighted by atomic mass is 10.0. The van der Waals surface area contributed by atoms with Gasteiger partial charge in [-0.3, -0.25) is 0 Å². The molecule has 106 valence electrons. The van der Waals surface area contributed by atoms with Crippen LogP contribution in [0.4, 0.5) is 10.5 Å². The Hall–Kier alpha value is -1.91. The zero-order valence-electron chi connectivity index (χ0n) is 12.2. The first-order valence-electron chi connectivity index (χ1n) is 6.23. The summed E-state index contributed by atoms with van der Waals surface area (Å²) in [5.41, 5.74) is 0.358. The van der Waals surface area contributed by atoms with E-state index in [2.05, 4.69) is 10.6 Å². The largest absolute Gasteiger partial charge is 0.497 e. The lowest BCUT2D eigenvalue weighted by Crippen LogP contribution is -2.45. The van der Waals surface area contributed by atoms with Crippen LogP contribution in [0.1, 0.15) is 27.2 Å². The summed E-state index contributed by atoms with van der Waals surface area (Å²) in [5, 5.41) is 5.67. The van der Waals surface area contributed by atoms with Gasteiger partial charge in [0.2, 0.25) is 0 Å². The van der Waals surface area contributed by atoms with Crippen LogP contribution in [0.3, 0.4) is 0 Å². The lowest BCUT2D eigenvalue weighted by Gasteiger charge is -2.24. The van der Waals surface area contributed by atoms with Crippen molar-refractivity contribution >= 4 is 11.7 Å². The van der Waals surface area contributed by atoms with E-state index in [4.69, 9.17) is 9.47 Å². The molecule has 0 fully saturated rings. The summed E-state index contributed by atoms with van der Waals surface area (Å²) in [6.07, 6.45) is 0.847. The molecule has 0 unspecified atom stereocenters. The van der Waals surface area contributed by atoms with Gasteiger partial charge in [0.1, 0.15) is 11.5 Å². The Bertz CT molecular complexity index is 444. The van der Waals surface area contributed by atoms with Crippen molar-refractivity contribution in [1.82, 2.24) is 5.32 Å². The standard InChI is InChI=1S/C14H22N2O3/c1-6-14(2,3)16-13(17)15-11-8-7-10(18-4)9-12(11)19-5/h7-9H,6H2,1-5H3,(H2,15,16,17). The van der Waals surface area contributed by atoms with Crippen LogP contribution in [0, 0.1) is 0 Å². The maximum atomic E-state index is 11.9. The van der Waals surface area contributed by atoms with E-state index in [9.17, 15) is 4.79 Å². The summed E-state index contributed by atoms with van der Waals surface area (Å²) in [6, 6.07) is 4.98. The number of hydrogen-bond donors (Lipinski definition) is 2. The van der Waals surface area contributed by atoms with Crippen molar-refractivity contribution < 1.29 is 14.3 Å². The first-order valence-corrected chi connectivity index (χ1v) is 6.23. The highest BCUT2D eigenvalue weighted by Gasteiger charge is 2.18. The number of carbonyl (C=O) groups is 1. The number of rotatable bonds is 5.